The number of nitrogens with one attached hydrogen (secondary N) is 1. The van der Waals surface area contributed by atoms with E-state index in [-0.39, 0.29) is 35.8 Å². The van der Waals surface area contributed by atoms with E-state index in [0.717, 1.165) is 37.8 Å². The van der Waals surface area contributed by atoms with E-state index >= 15 is 0 Å². The molecule has 1 saturated heterocycles. The second-order valence-corrected chi connectivity index (χ2v) is 11.3. The molecule has 1 aliphatic carbocycles. The van der Waals surface area contributed by atoms with Crippen LogP contribution in [0.5, 0.6) is 0 Å². The van der Waals surface area contributed by atoms with E-state index in [2.05, 4.69) is 24.1 Å². The lowest BCUT2D eigenvalue weighted by molar-refractivity contribution is -0.128. The van der Waals surface area contributed by atoms with Gasteiger partial charge < -0.3 is 16.0 Å². The van der Waals surface area contributed by atoms with Gasteiger partial charge in [0.1, 0.15) is 17.7 Å². The fraction of sp³-hybridized carbons (Fsp3) is 0.533. The fourth-order valence-electron chi connectivity index (χ4n) is 5.73. The van der Waals surface area contributed by atoms with Gasteiger partial charge in [0.15, 0.2) is 0 Å². The molecule has 6 nitrogen and oxygen atoms in total. The molecule has 2 fully saturated rings. The highest BCUT2D eigenvalue weighted by molar-refractivity contribution is 5.97. The summed E-state index contributed by atoms with van der Waals surface area (Å²) in [5.41, 5.74) is 7.43. The molecule has 1 heterocycles. The summed E-state index contributed by atoms with van der Waals surface area (Å²) in [7, 11) is 0. The van der Waals surface area contributed by atoms with Crippen molar-refractivity contribution in [3.05, 3.63) is 71.3 Å². The smallest absolute Gasteiger partial charge is 0.254 e. The van der Waals surface area contributed by atoms with Gasteiger partial charge >= 0.3 is 0 Å². The molecule has 4 rings (SSSR count). The Labute approximate surface area is 224 Å². The third-order valence-corrected chi connectivity index (χ3v) is 7.76. The van der Waals surface area contributed by atoms with E-state index in [4.69, 9.17) is 5.73 Å². The minimum Gasteiger partial charge on any atom is -0.352 e. The van der Waals surface area contributed by atoms with Crippen LogP contribution in [-0.4, -0.2) is 58.9 Å². The van der Waals surface area contributed by atoms with Crippen molar-refractivity contribution in [3.63, 3.8) is 0 Å². The predicted molar refractivity (Wildman–Crippen MR) is 144 cm³/mol. The first-order chi connectivity index (χ1) is 18.2. The molecule has 1 aliphatic heterocycles. The summed E-state index contributed by atoms with van der Waals surface area (Å²) in [6, 6.07) is 11.7. The number of carbonyl (C=O) groups excluding carboxylic acids is 2. The molecule has 2 aromatic carbocycles. The molecule has 206 valence electrons. The van der Waals surface area contributed by atoms with Crippen LogP contribution >= 0.6 is 0 Å². The minimum absolute atomic E-state index is 0.0523. The second kappa shape index (κ2) is 12.8. The number of piperidine rings is 1. The van der Waals surface area contributed by atoms with Crippen LogP contribution in [0.15, 0.2) is 48.5 Å². The van der Waals surface area contributed by atoms with E-state index in [1.165, 1.54) is 36.4 Å². The average molecular weight is 527 g/mol. The predicted octanol–water partition coefficient (Wildman–Crippen LogP) is 4.48. The minimum atomic E-state index is -0.634. The van der Waals surface area contributed by atoms with Crippen LogP contribution in [0, 0.1) is 17.6 Å². The van der Waals surface area contributed by atoms with Crippen molar-refractivity contribution in [1.82, 2.24) is 15.1 Å². The number of amides is 2. The zero-order valence-electron chi connectivity index (χ0n) is 22.4. The topological polar surface area (TPSA) is 78.7 Å². The van der Waals surface area contributed by atoms with Crippen LogP contribution in [0.1, 0.15) is 68.3 Å². The lowest BCUT2D eigenvalue weighted by Crippen LogP contribution is -2.58. The molecule has 38 heavy (non-hydrogen) atoms. The highest BCUT2D eigenvalue weighted by atomic mass is 19.1. The first-order valence-electron chi connectivity index (χ1n) is 13.8. The first-order valence-corrected chi connectivity index (χ1v) is 13.8. The van der Waals surface area contributed by atoms with E-state index in [1.54, 1.807) is 17.0 Å². The van der Waals surface area contributed by atoms with Crippen LogP contribution in [0.25, 0.3) is 0 Å². The Morgan fingerprint density at radius 2 is 1.58 bits per heavy atom. The van der Waals surface area contributed by atoms with Gasteiger partial charge in [-0.05, 0) is 86.4 Å². The number of benzene rings is 2. The van der Waals surface area contributed by atoms with Crippen molar-refractivity contribution in [2.24, 2.45) is 11.7 Å². The van der Waals surface area contributed by atoms with E-state index in [0.29, 0.717) is 37.4 Å². The van der Waals surface area contributed by atoms with Crippen LogP contribution in [0.4, 0.5) is 8.78 Å². The standard InChI is InChI=1S/C30H40F2N4O2/c1-20(2)18-35(19-21-3-7-23(31)8-4-21)27-15-16-36(30(38)22-5-9-24(32)10-6-22)28(17-27)29(37)34-26-13-11-25(33)12-14-26/h3-10,20,25-28H,11-19,33H2,1-2H3,(H,34,37)/t25?,26?,27?,28-/m1/s1. The summed E-state index contributed by atoms with van der Waals surface area (Å²) in [6.07, 6.45) is 4.62. The number of hydrogen-bond acceptors (Lipinski definition) is 4. The molecule has 0 aromatic heterocycles. The number of carbonyl (C=O) groups is 2. The average Bonchev–Trinajstić information content (AvgIpc) is 2.90. The Hall–Kier alpha value is -2.84. The monoisotopic (exact) mass is 526 g/mol. The third-order valence-electron chi connectivity index (χ3n) is 7.76. The quantitative estimate of drug-likeness (QED) is 0.532. The van der Waals surface area contributed by atoms with Crippen LogP contribution in [0.2, 0.25) is 0 Å². The van der Waals surface area contributed by atoms with Crippen molar-refractivity contribution in [2.45, 2.75) is 83.1 Å². The van der Waals surface area contributed by atoms with Gasteiger partial charge in [0.25, 0.3) is 5.91 Å². The Bertz CT molecular complexity index is 1070. The molecule has 0 bridgehead atoms. The summed E-state index contributed by atoms with van der Waals surface area (Å²) in [5, 5.41) is 3.20. The summed E-state index contributed by atoms with van der Waals surface area (Å²) in [4.78, 5) is 31.2. The molecule has 2 aliphatic rings. The summed E-state index contributed by atoms with van der Waals surface area (Å²) in [5.74, 6) is -0.680. The Morgan fingerprint density at radius 1 is 0.974 bits per heavy atom. The molecule has 0 radical (unpaired) electrons. The maximum Gasteiger partial charge on any atom is 0.254 e. The number of hydrogen-bond donors (Lipinski definition) is 2. The normalized spacial score (nSPS) is 24.0. The highest BCUT2D eigenvalue weighted by Gasteiger charge is 2.39. The molecule has 1 unspecified atom stereocenters. The molecular weight excluding hydrogens is 486 g/mol. The largest absolute Gasteiger partial charge is 0.352 e. The van der Waals surface area contributed by atoms with Crippen molar-refractivity contribution in [1.29, 1.82) is 0 Å². The van der Waals surface area contributed by atoms with Crippen molar-refractivity contribution < 1.29 is 18.4 Å². The van der Waals surface area contributed by atoms with Gasteiger partial charge in [-0.3, -0.25) is 14.5 Å². The van der Waals surface area contributed by atoms with Crippen molar-refractivity contribution in [3.8, 4) is 0 Å². The lowest BCUT2D eigenvalue weighted by Gasteiger charge is -2.44. The fourth-order valence-corrected chi connectivity index (χ4v) is 5.73. The van der Waals surface area contributed by atoms with Crippen molar-refractivity contribution >= 4 is 11.8 Å². The zero-order chi connectivity index (χ0) is 27.2. The van der Waals surface area contributed by atoms with E-state index in [9.17, 15) is 18.4 Å². The number of nitrogens with zero attached hydrogens (tertiary/aromatic N) is 2. The Balaban J connectivity index is 1.55. The van der Waals surface area contributed by atoms with Gasteiger partial charge in [0.2, 0.25) is 5.91 Å². The maximum absolute atomic E-state index is 13.7. The maximum atomic E-state index is 13.7. The molecule has 2 aromatic rings. The van der Waals surface area contributed by atoms with Gasteiger partial charge in [-0.15, -0.1) is 0 Å². The Kier molecular flexibility index (Phi) is 9.49. The SMILES string of the molecule is CC(C)CN(Cc1ccc(F)cc1)C1CCN(C(=O)c2ccc(F)cc2)[C@@H](C(=O)NC2CCC(N)CC2)C1. The van der Waals surface area contributed by atoms with Crippen LogP contribution < -0.4 is 11.1 Å². The summed E-state index contributed by atoms with van der Waals surface area (Å²) >= 11 is 0. The lowest BCUT2D eigenvalue weighted by atomic mass is 9.90. The molecule has 2 amide bonds. The van der Waals surface area contributed by atoms with Crippen LogP contribution in [0.3, 0.4) is 0 Å². The number of nitrogens with two attached hydrogens (primary N) is 1. The second-order valence-electron chi connectivity index (χ2n) is 11.3. The van der Waals surface area contributed by atoms with Gasteiger partial charge in [-0.1, -0.05) is 26.0 Å². The van der Waals surface area contributed by atoms with Gasteiger partial charge in [-0.2, -0.15) is 0 Å². The zero-order valence-corrected chi connectivity index (χ0v) is 22.4. The molecular formula is C30H40F2N4O2. The van der Waals surface area contributed by atoms with E-state index < -0.39 is 11.9 Å². The van der Waals surface area contributed by atoms with Gasteiger partial charge in [0.05, 0.1) is 0 Å². The van der Waals surface area contributed by atoms with Crippen LogP contribution in [-0.2, 0) is 11.3 Å². The molecule has 0 spiro atoms. The third kappa shape index (κ3) is 7.38. The van der Waals surface area contributed by atoms with Gasteiger partial charge in [0, 0.05) is 43.3 Å². The summed E-state index contributed by atoms with van der Waals surface area (Å²) in [6.45, 7) is 6.20. The number of rotatable bonds is 8. The summed E-state index contributed by atoms with van der Waals surface area (Å²) < 4.78 is 27.0. The highest BCUT2D eigenvalue weighted by Crippen LogP contribution is 2.27. The molecule has 2 atom stereocenters. The first kappa shape index (κ1) is 28.2. The molecule has 3 N–H and O–H groups in total. The van der Waals surface area contributed by atoms with Gasteiger partial charge in [-0.25, -0.2) is 8.78 Å². The molecule has 1 saturated carbocycles. The van der Waals surface area contributed by atoms with Crippen molar-refractivity contribution in [2.75, 3.05) is 13.1 Å². The molecule has 8 heteroatoms. The Morgan fingerprint density at radius 3 is 2.18 bits per heavy atom. The number of likely N-dealkylation sites (tertiary alicyclic amines) is 1. The number of halogens is 2. The van der Waals surface area contributed by atoms with E-state index in [1.807, 2.05) is 0 Å².